The predicted molar refractivity (Wildman–Crippen MR) is 102 cm³/mol. The summed E-state index contributed by atoms with van der Waals surface area (Å²) in [5, 5.41) is 25.1. The van der Waals surface area contributed by atoms with Gasteiger partial charge in [-0.05, 0) is 57.5 Å². The number of rotatable bonds is 5. The minimum absolute atomic E-state index is 0. The lowest BCUT2D eigenvalue weighted by molar-refractivity contribution is -0.384. The van der Waals surface area contributed by atoms with E-state index in [2.05, 4.69) is 20.9 Å². The zero-order chi connectivity index (χ0) is 18.7. The molecule has 1 amide bonds. The molecule has 0 atom stereocenters. The number of nitro groups is 1. The Morgan fingerprint density at radius 3 is 2.52 bits per heavy atom. The molecule has 10 heteroatoms. The predicted octanol–water partition coefficient (Wildman–Crippen LogP) is 2.20. The number of carbonyl (C=O) groups is 1. The Bertz CT molecular complexity index is 799. The Labute approximate surface area is 163 Å². The third-order valence-corrected chi connectivity index (χ3v) is 4.65. The molecule has 146 valence electrons. The summed E-state index contributed by atoms with van der Waals surface area (Å²) in [6, 6.07) is 6.40. The molecule has 0 aliphatic carbocycles. The molecule has 0 saturated carbocycles. The fourth-order valence-corrected chi connectivity index (χ4v) is 3.05. The SMILES string of the molecule is CC(C)(NC(=O)c1cn(C2CCNCC2)nn1)c1ccc([N+](=O)[O-])cc1.Cl. The summed E-state index contributed by atoms with van der Waals surface area (Å²) in [4.78, 5) is 22.9. The molecule has 0 spiro atoms. The third kappa shape index (κ3) is 4.81. The van der Waals surface area contributed by atoms with Gasteiger partial charge in [-0.25, -0.2) is 4.68 Å². The first-order chi connectivity index (χ1) is 12.4. The van der Waals surface area contributed by atoms with Crippen molar-refractivity contribution in [3.8, 4) is 0 Å². The van der Waals surface area contributed by atoms with Crippen molar-refractivity contribution in [1.29, 1.82) is 0 Å². The number of nitrogens with one attached hydrogen (secondary N) is 2. The molecular formula is C17H23ClN6O3. The normalized spacial score (nSPS) is 15.0. The second-order valence-electron chi connectivity index (χ2n) is 6.95. The molecule has 1 aliphatic rings. The van der Waals surface area contributed by atoms with Gasteiger partial charge in [-0.15, -0.1) is 17.5 Å². The molecule has 2 aromatic rings. The number of benzene rings is 1. The van der Waals surface area contributed by atoms with Crippen molar-refractivity contribution >= 4 is 24.0 Å². The Morgan fingerprint density at radius 1 is 1.30 bits per heavy atom. The number of non-ortho nitro benzene ring substituents is 1. The smallest absolute Gasteiger partial charge is 0.274 e. The largest absolute Gasteiger partial charge is 0.342 e. The lowest BCUT2D eigenvalue weighted by Gasteiger charge is -2.26. The van der Waals surface area contributed by atoms with Crippen molar-refractivity contribution in [2.75, 3.05) is 13.1 Å². The summed E-state index contributed by atoms with van der Waals surface area (Å²) in [5.41, 5.74) is 0.339. The maximum Gasteiger partial charge on any atom is 0.274 e. The summed E-state index contributed by atoms with van der Waals surface area (Å²) in [5.74, 6) is -0.325. The van der Waals surface area contributed by atoms with E-state index in [1.54, 1.807) is 23.0 Å². The van der Waals surface area contributed by atoms with Crippen LogP contribution in [0, 0.1) is 10.1 Å². The van der Waals surface area contributed by atoms with Crippen LogP contribution in [0.25, 0.3) is 0 Å². The third-order valence-electron chi connectivity index (χ3n) is 4.65. The van der Waals surface area contributed by atoms with Crippen molar-refractivity contribution in [3.05, 3.63) is 51.8 Å². The molecule has 2 heterocycles. The van der Waals surface area contributed by atoms with E-state index in [4.69, 9.17) is 0 Å². The highest BCUT2D eigenvalue weighted by Crippen LogP contribution is 2.23. The van der Waals surface area contributed by atoms with E-state index in [1.807, 2.05) is 13.8 Å². The molecule has 1 aromatic heterocycles. The monoisotopic (exact) mass is 394 g/mol. The summed E-state index contributed by atoms with van der Waals surface area (Å²) in [7, 11) is 0. The molecule has 0 bridgehead atoms. The van der Waals surface area contributed by atoms with E-state index in [-0.39, 0.29) is 35.7 Å². The van der Waals surface area contributed by atoms with Crippen LogP contribution >= 0.6 is 12.4 Å². The second-order valence-corrected chi connectivity index (χ2v) is 6.95. The zero-order valence-electron chi connectivity index (χ0n) is 15.2. The van der Waals surface area contributed by atoms with Gasteiger partial charge in [0.05, 0.1) is 22.7 Å². The van der Waals surface area contributed by atoms with Gasteiger partial charge in [0.1, 0.15) is 0 Å². The number of nitro benzene ring substituents is 1. The molecule has 1 saturated heterocycles. The molecule has 27 heavy (non-hydrogen) atoms. The number of nitrogens with zero attached hydrogens (tertiary/aromatic N) is 4. The second kappa shape index (κ2) is 8.45. The van der Waals surface area contributed by atoms with Gasteiger partial charge in [0.25, 0.3) is 11.6 Å². The van der Waals surface area contributed by atoms with Crippen LogP contribution < -0.4 is 10.6 Å². The number of aromatic nitrogens is 3. The minimum atomic E-state index is -0.704. The lowest BCUT2D eigenvalue weighted by atomic mass is 9.94. The first kappa shape index (κ1) is 20.8. The molecule has 0 unspecified atom stereocenters. The summed E-state index contributed by atoms with van der Waals surface area (Å²) >= 11 is 0. The quantitative estimate of drug-likeness (QED) is 0.593. The Hall–Kier alpha value is -2.52. The average Bonchev–Trinajstić information content (AvgIpc) is 3.12. The van der Waals surface area contributed by atoms with Gasteiger partial charge >= 0.3 is 0 Å². The molecule has 1 aromatic carbocycles. The standard InChI is InChI=1S/C17H22N6O3.ClH/c1-17(2,12-3-5-14(6-4-12)23(25)26)19-16(24)15-11-22(21-20-15)13-7-9-18-10-8-13;/h3-6,11,13,18H,7-10H2,1-2H3,(H,19,24);1H. The van der Waals surface area contributed by atoms with Gasteiger partial charge in [-0.1, -0.05) is 5.21 Å². The van der Waals surface area contributed by atoms with Crippen LogP contribution in [-0.2, 0) is 5.54 Å². The van der Waals surface area contributed by atoms with Crippen LogP contribution in [0.5, 0.6) is 0 Å². The van der Waals surface area contributed by atoms with Gasteiger partial charge in [-0.3, -0.25) is 14.9 Å². The number of hydrogen-bond acceptors (Lipinski definition) is 6. The summed E-state index contributed by atoms with van der Waals surface area (Å²) in [6.07, 6.45) is 3.59. The van der Waals surface area contributed by atoms with Crippen molar-refractivity contribution in [1.82, 2.24) is 25.6 Å². The van der Waals surface area contributed by atoms with Gasteiger partial charge < -0.3 is 10.6 Å². The van der Waals surface area contributed by atoms with Crippen LogP contribution in [0.3, 0.4) is 0 Å². The van der Waals surface area contributed by atoms with Gasteiger partial charge in [-0.2, -0.15) is 0 Å². The van der Waals surface area contributed by atoms with Crippen molar-refractivity contribution in [3.63, 3.8) is 0 Å². The van der Waals surface area contributed by atoms with Gasteiger partial charge in [0.15, 0.2) is 5.69 Å². The fourth-order valence-electron chi connectivity index (χ4n) is 3.05. The van der Waals surface area contributed by atoms with E-state index in [9.17, 15) is 14.9 Å². The molecule has 1 aliphatic heterocycles. The fraction of sp³-hybridized carbons (Fsp3) is 0.471. The van der Waals surface area contributed by atoms with Gasteiger partial charge in [0.2, 0.25) is 0 Å². The molecule has 9 nitrogen and oxygen atoms in total. The molecule has 0 radical (unpaired) electrons. The number of piperidine rings is 1. The lowest BCUT2D eigenvalue weighted by Crippen LogP contribution is -2.41. The Balaban J connectivity index is 0.00000261. The van der Waals surface area contributed by atoms with Crippen molar-refractivity contribution < 1.29 is 9.72 Å². The molecule has 2 N–H and O–H groups in total. The first-order valence-electron chi connectivity index (χ1n) is 8.57. The van der Waals surface area contributed by atoms with Crippen LogP contribution in [0.15, 0.2) is 30.5 Å². The topological polar surface area (TPSA) is 115 Å². The zero-order valence-corrected chi connectivity index (χ0v) is 16.0. The van der Waals surface area contributed by atoms with Crippen LogP contribution in [0.1, 0.15) is 48.8 Å². The van der Waals surface area contributed by atoms with Crippen LogP contribution in [-0.4, -0.2) is 38.9 Å². The highest BCUT2D eigenvalue weighted by Gasteiger charge is 2.26. The molecular weight excluding hydrogens is 372 g/mol. The van der Waals surface area contributed by atoms with Crippen molar-refractivity contribution in [2.24, 2.45) is 0 Å². The highest BCUT2D eigenvalue weighted by molar-refractivity contribution is 5.92. The minimum Gasteiger partial charge on any atom is -0.342 e. The van der Waals surface area contributed by atoms with Crippen LogP contribution in [0.4, 0.5) is 5.69 Å². The maximum atomic E-state index is 12.6. The first-order valence-corrected chi connectivity index (χ1v) is 8.57. The van der Waals surface area contributed by atoms with Gasteiger partial charge in [0, 0.05) is 12.1 Å². The Kier molecular flexibility index (Phi) is 6.50. The molecule has 3 rings (SSSR count). The number of amides is 1. The van der Waals surface area contributed by atoms with E-state index in [0.29, 0.717) is 0 Å². The highest BCUT2D eigenvalue weighted by atomic mass is 35.5. The molecule has 1 fully saturated rings. The maximum absolute atomic E-state index is 12.6. The number of hydrogen-bond donors (Lipinski definition) is 2. The van der Waals surface area contributed by atoms with E-state index >= 15 is 0 Å². The van der Waals surface area contributed by atoms with E-state index in [0.717, 1.165) is 31.5 Å². The van der Waals surface area contributed by atoms with E-state index in [1.165, 1.54) is 12.1 Å². The summed E-state index contributed by atoms with van der Waals surface area (Å²) < 4.78 is 1.76. The van der Waals surface area contributed by atoms with E-state index < -0.39 is 10.5 Å². The average molecular weight is 395 g/mol. The number of halogens is 1. The van der Waals surface area contributed by atoms with Crippen molar-refractivity contribution in [2.45, 2.75) is 38.3 Å². The number of carbonyl (C=O) groups excluding carboxylic acids is 1. The summed E-state index contributed by atoms with van der Waals surface area (Å²) in [6.45, 7) is 5.53. The Morgan fingerprint density at radius 2 is 1.93 bits per heavy atom. The van der Waals surface area contributed by atoms with Crippen LogP contribution in [0.2, 0.25) is 0 Å².